The van der Waals surface area contributed by atoms with Crippen LogP contribution in [0.1, 0.15) is 25.3 Å². The van der Waals surface area contributed by atoms with Crippen LogP contribution in [0.5, 0.6) is 5.75 Å². The molecule has 25 heavy (non-hydrogen) atoms. The minimum Gasteiger partial charge on any atom is -0.486 e. The van der Waals surface area contributed by atoms with Crippen LogP contribution >= 0.6 is 11.3 Å². The predicted molar refractivity (Wildman–Crippen MR) is 99.9 cm³/mol. The van der Waals surface area contributed by atoms with Crippen molar-refractivity contribution in [2.75, 3.05) is 13.2 Å². The first-order valence-electron chi connectivity index (χ1n) is 8.31. The van der Waals surface area contributed by atoms with E-state index in [4.69, 9.17) is 9.47 Å². The molecule has 1 aromatic heterocycles. The lowest BCUT2D eigenvalue weighted by molar-refractivity contribution is -0.122. The fourth-order valence-electron chi connectivity index (χ4n) is 2.90. The molecule has 0 bridgehead atoms. The van der Waals surface area contributed by atoms with Crippen LogP contribution in [0.3, 0.4) is 0 Å². The number of Topliss-reactive ketones (excluding diaryl/α,β-unsaturated/α-hetero) is 1. The van der Waals surface area contributed by atoms with E-state index in [-0.39, 0.29) is 29.8 Å². The minimum atomic E-state index is -0.314. The molecule has 0 aliphatic carbocycles. The molecule has 3 aromatic rings. The molecule has 4 nitrogen and oxygen atoms in total. The molecular formula is C20H18O4S. The third kappa shape index (κ3) is 3.05. The lowest BCUT2D eigenvalue weighted by Crippen LogP contribution is -2.17. The second kappa shape index (κ2) is 6.24. The van der Waals surface area contributed by atoms with Gasteiger partial charge in [-0.1, -0.05) is 26.0 Å². The van der Waals surface area contributed by atoms with Crippen molar-refractivity contribution in [1.82, 2.24) is 0 Å². The van der Waals surface area contributed by atoms with Gasteiger partial charge in [-0.25, -0.2) is 0 Å². The Morgan fingerprint density at radius 1 is 1.28 bits per heavy atom. The minimum absolute atomic E-state index is 0.00792. The molecule has 1 saturated heterocycles. The Bertz CT molecular complexity index is 1030. The zero-order valence-corrected chi connectivity index (χ0v) is 14.9. The van der Waals surface area contributed by atoms with Crippen molar-refractivity contribution in [3.05, 3.63) is 52.2 Å². The third-order valence-corrected chi connectivity index (χ3v) is 5.61. The second-order valence-electron chi connectivity index (χ2n) is 6.55. The van der Waals surface area contributed by atoms with Crippen LogP contribution < -0.4 is 10.2 Å². The van der Waals surface area contributed by atoms with Crippen LogP contribution in [0.15, 0.2) is 41.2 Å². The molecule has 0 amide bonds. The molecule has 0 N–H and O–H groups in total. The highest BCUT2D eigenvalue weighted by Gasteiger charge is 2.31. The Morgan fingerprint density at radius 2 is 2.04 bits per heavy atom. The molecule has 2 aromatic carbocycles. The number of fused-ring (bicyclic) bond motifs is 2. The van der Waals surface area contributed by atoms with E-state index in [9.17, 15) is 9.59 Å². The quantitative estimate of drug-likeness (QED) is 0.515. The Labute approximate surface area is 149 Å². The van der Waals surface area contributed by atoms with Gasteiger partial charge in [0.1, 0.15) is 18.5 Å². The SMILES string of the molecule is CC(C)c1cc(OCC(=O)C2CO2)cc2c(=O)c3ccccc3sc12. The summed E-state index contributed by atoms with van der Waals surface area (Å²) >= 11 is 1.63. The van der Waals surface area contributed by atoms with Gasteiger partial charge in [-0.2, -0.15) is 0 Å². The van der Waals surface area contributed by atoms with Crippen molar-refractivity contribution in [3.8, 4) is 5.75 Å². The number of hydrogen-bond acceptors (Lipinski definition) is 5. The van der Waals surface area contributed by atoms with Crippen LogP contribution in [-0.2, 0) is 9.53 Å². The van der Waals surface area contributed by atoms with Crippen LogP contribution in [0.4, 0.5) is 0 Å². The molecule has 1 aliphatic heterocycles. The number of carbonyl (C=O) groups is 1. The highest BCUT2D eigenvalue weighted by atomic mass is 32.1. The summed E-state index contributed by atoms with van der Waals surface area (Å²) in [7, 11) is 0. The Kier molecular flexibility index (Phi) is 4.06. The Balaban J connectivity index is 1.85. The van der Waals surface area contributed by atoms with Gasteiger partial charge in [0, 0.05) is 20.2 Å². The average molecular weight is 354 g/mol. The first-order valence-corrected chi connectivity index (χ1v) is 9.13. The van der Waals surface area contributed by atoms with E-state index in [2.05, 4.69) is 13.8 Å². The number of benzene rings is 2. The molecule has 0 radical (unpaired) electrons. The van der Waals surface area contributed by atoms with Gasteiger partial charge in [0.25, 0.3) is 0 Å². The highest BCUT2D eigenvalue weighted by Crippen LogP contribution is 2.34. The molecular weight excluding hydrogens is 336 g/mol. The molecule has 1 atom stereocenters. The van der Waals surface area contributed by atoms with E-state index >= 15 is 0 Å². The molecule has 128 valence electrons. The number of rotatable bonds is 5. The molecule has 1 unspecified atom stereocenters. The number of hydrogen-bond donors (Lipinski definition) is 0. The van der Waals surface area contributed by atoms with E-state index in [0.717, 1.165) is 15.0 Å². The van der Waals surface area contributed by atoms with Gasteiger partial charge in [0.05, 0.1) is 6.61 Å². The Hall–Kier alpha value is -2.24. The lowest BCUT2D eigenvalue weighted by Gasteiger charge is -2.13. The van der Waals surface area contributed by atoms with Gasteiger partial charge in [-0.15, -0.1) is 11.3 Å². The fourth-order valence-corrected chi connectivity index (χ4v) is 4.21. The topological polar surface area (TPSA) is 55.9 Å². The van der Waals surface area contributed by atoms with Gasteiger partial charge in [-0.3, -0.25) is 9.59 Å². The van der Waals surface area contributed by atoms with Crippen LogP contribution in [0.25, 0.3) is 20.2 Å². The second-order valence-corrected chi connectivity index (χ2v) is 7.60. The van der Waals surface area contributed by atoms with Gasteiger partial charge in [-0.05, 0) is 35.7 Å². The summed E-state index contributed by atoms with van der Waals surface area (Å²) in [6.07, 6.45) is -0.314. The summed E-state index contributed by atoms with van der Waals surface area (Å²) < 4.78 is 12.6. The molecule has 1 aliphatic rings. The number of epoxide rings is 1. The first-order chi connectivity index (χ1) is 12.0. The summed E-state index contributed by atoms with van der Waals surface area (Å²) in [6, 6.07) is 11.3. The van der Waals surface area contributed by atoms with Crippen molar-refractivity contribution in [1.29, 1.82) is 0 Å². The largest absolute Gasteiger partial charge is 0.486 e. The summed E-state index contributed by atoms with van der Waals surface area (Å²) in [5.74, 6) is 0.741. The zero-order valence-electron chi connectivity index (χ0n) is 14.1. The lowest BCUT2D eigenvalue weighted by atomic mass is 10.0. The van der Waals surface area contributed by atoms with Gasteiger partial charge in [0.2, 0.25) is 5.78 Å². The molecule has 0 saturated carbocycles. The van der Waals surface area contributed by atoms with Crippen LogP contribution in [0.2, 0.25) is 0 Å². The number of ether oxygens (including phenoxy) is 2. The smallest absolute Gasteiger partial charge is 0.201 e. The van der Waals surface area contributed by atoms with E-state index < -0.39 is 0 Å². The molecule has 2 heterocycles. The summed E-state index contributed by atoms with van der Waals surface area (Å²) in [6.45, 7) is 4.64. The van der Waals surface area contributed by atoms with E-state index in [1.54, 1.807) is 17.4 Å². The molecule has 0 spiro atoms. The summed E-state index contributed by atoms with van der Waals surface area (Å²) in [4.78, 5) is 24.7. The normalized spacial score (nSPS) is 16.5. The zero-order chi connectivity index (χ0) is 17.6. The summed E-state index contributed by atoms with van der Waals surface area (Å²) in [5, 5.41) is 1.37. The number of ketones is 1. The standard InChI is InChI=1S/C20H18O4S/c1-11(2)14-7-12(23-9-16(21)17-10-24-17)8-15-19(22)13-5-3-4-6-18(13)25-20(14)15/h3-8,11,17H,9-10H2,1-2H3. The maximum atomic E-state index is 12.9. The van der Waals surface area contributed by atoms with Crippen LogP contribution in [0, 0.1) is 0 Å². The van der Waals surface area contributed by atoms with Gasteiger partial charge >= 0.3 is 0 Å². The van der Waals surface area contributed by atoms with Crippen molar-refractivity contribution in [2.45, 2.75) is 25.9 Å². The van der Waals surface area contributed by atoms with Crippen LogP contribution in [-0.4, -0.2) is 25.1 Å². The maximum Gasteiger partial charge on any atom is 0.201 e. The Morgan fingerprint density at radius 3 is 2.76 bits per heavy atom. The monoisotopic (exact) mass is 354 g/mol. The van der Waals surface area contributed by atoms with Crippen molar-refractivity contribution in [3.63, 3.8) is 0 Å². The molecule has 5 heteroatoms. The van der Waals surface area contributed by atoms with E-state index in [1.807, 2.05) is 30.3 Å². The molecule has 4 rings (SSSR count). The van der Waals surface area contributed by atoms with Gasteiger partial charge in [0.15, 0.2) is 5.43 Å². The first kappa shape index (κ1) is 16.2. The predicted octanol–water partition coefficient (Wildman–Crippen LogP) is 3.88. The molecule has 1 fully saturated rings. The average Bonchev–Trinajstić information content (AvgIpc) is 3.44. The maximum absolute atomic E-state index is 12.9. The van der Waals surface area contributed by atoms with Gasteiger partial charge < -0.3 is 9.47 Å². The van der Waals surface area contributed by atoms with E-state index in [0.29, 0.717) is 23.1 Å². The third-order valence-electron chi connectivity index (χ3n) is 4.38. The van der Waals surface area contributed by atoms with Crippen molar-refractivity contribution in [2.24, 2.45) is 0 Å². The summed E-state index contributed by atoms with van der Waals surface area (Å²) in [5.41, 5.74) is 1.07. The van der Waals surface area contributed by atoms with E-state index in [1.165, 1.54) is 0 Å². The number of carbonyl (C=O) groups excluding carboxylic acids is 1. The fraction of sp³-hybridized carbons (Fsp3) is 0.300. The highest BCUT2D eigenvalue weighted by molar-refractivity contribution is 7.24. The van der Waals surface area contributed by atoms with Crippen molar-refractivity contribution >= 4 is 37.3 Å². The van der Waals surface area contributed by atoms with Crippen molar-refractivity contribution < 1.29 is 14.3 Å².